The zero-order valence-corrected chi connectivity index (χ0v) is 8.83. The van der Waals surface area contributed by atoms with Gasteiger partial charge < -0.3 is 10.0 Å². The normalized spacial score (nSPS) is 9.00. The quantitative estimate of drug-likeness (QED) is 0.823. The number of benzene rings is 1. The Morgan fingerprint density at radius 2 is 1.93 bits per heavy atom. The molecular formula is C10H14ClNO2. The van der Waals surface area contributed by atoms with Crippen molar-refractivity contribution in [1.29, 1.82) is 0 Å². The molecule has 14 heavy (non-hydrogen) atoms. The van der Waals surface area contributed by atoms with Crippen molar-refractivity contribution >= 4 is 18.3 Å². The topological polar surface area (TPSA) is 40.5 Å². The number of amides is 1. The van der Waals surface area contributed by atoms with Gasteiger partial charge in [0.1, 0.15) is 0 Å². The van der Waals surface area contributed by atoms with Gasteiger partial charge in [0.25, 0.3) is 5.91 Å². The molecule has 0 spiro atoms. The number of aliphatic hydroxyl groups is 1. The Balaban J connectivity index is 0.00000169. The van der Waals surface area contributed by atoms with E-state index in [1.165, 1.54) is 4.90 Å². The molecule has 1 aromatic rings. The van der Waals surface area contributed by atoms with Crippen LogP contribution in [0.5, 0.6) is 0 Å². The smallest absolute Gasteiger partial charge is 0.253 e. The lowest BCUT2D eigenvalue weighted by molar-refractivity contribution is 0.0767. The average molecular weight is 216 g/mol. The zero-order valence-electron chi connectivity index (χ0n) is 8.01. The number of rotatable bonds is 3. The van der Waals surface area contributed by atoms with Crippen molar-refractivity contribution in [1.82, 2.24) is 4.90 Å². The highest BCUT2D eigenvalue weighted by atomic mass is 35.5. The van der Waals surface area contributed by atoms with Gasteiger partial charge in [-0.05, 0) is 12.1 Å². The molecule has 3 nitrogen and oxygen atoms in total. The molecule has 0 aromatic heterocycles. The van der Waals surface area contributed by atoms with Crippen molar-refractivity contribution < 1.29 is 9.90 Å². The Kier molecular flexibility index (Phi) is 5.92. The molecule has 0 bridgehead atoms. The van der Waals surface area contributed by atoms with Crippen molar-refractivity contribution in [3.63, 3.8) is 0 Å². The molecule has 0 radical (unpaired) electrons. The SMILES string of the molecule is CN(CCO)C(=O)c1ccccc1.Cl. The second-order valence-electron chi connectivity index (χ2n) is 2.82. The van der Waals surface area contributed by atoms with E-state index in [9.17, 15) is 4.79 Å². The number of halogens is 1. The van der Waals surface area contributed by atoms with Crippen LogP contribution >= 0.6 is 12.4 Å². The van der Waals surface area contributed by atoms with Crippen molar-refractivity contribution in [2.45, 2.75) is 0 Å². The van der Waals surface area contributed by atoms with Gasteiger partial charge in [-0.15, -0.1) is 12.4 Å². The summed E-state index contributed by atoms with van der Waals surface area (Å²) in [5.74, 6) is -0.0605. The average Bonchev–Trinajstić information content (AvgIpc) is 2.18. The fourth-order valence-corrected chi connectivity index (χ4v) is 1.05. The molecule has 0 aliphatic carbocycles. The minimum Gasteiger partial charge on any atom is -0.395 e. The Morgan fingerprint density at radius 1 is 1.36 bits per heavy atom. The van der Waals surface area contributed by atoms with E-state index in [0.717, 1.165) is 0 Å². The third-order valence-electron chi connectivity index (χ3n) is 1.80. The maximum absolute atomic E-state index is 11.5. The Hall–Kier alpha value is -1.06. The highest BCUT2D eigenvalue weighted by Gasteiger charge is 2.09. The van der Waals surface area contributed by atoms with E-state index < -0.39 is 0 Å². The van der Waals surface area contributed by atoms with Crippen LogP contribution in [0.15, 0.2) is 30.3 Å². The van der Waals surface area contributed by atoms with Gasteiger partial charge in [0.15, 0.2) is 0 Å². The first kappa shape index (κ1) is 12.9. The highest BCUT2D eigenvalue weighted by molar-refractivity contribution is 5.93. The number of carbonyl (C=O) groups is 1. The molecule has 0 saturated carbocycles. The zero-order chi connectivity index (χ0) is 9.68. The van der Waals surface area contributed by atoms with Gasteiger partial charge in [0, 0.05) is 19.2 Å². The van der Waals surface area contributed by atoms with Crippen LogP contribution in [0.4, 0.5) is 0 Å². The fourth-order valence-electron chi connectivity index (χ4n) is 1.05. The Morgan fingerprint density at radius 3 is 2.43 bits per heavy atom. The number of aliphatic hydroxyl groups excluding tert-OH is 1. The molecule has 1 aromatic carbocycles. The molecule has 0 aliphatic heterocycles. The number of hydrogen-bond donors (Lipinski definition) is 1. The van der Waals surface area contributed by atoms with Gasteiger partial charge in [-0.2, -0.15) is 0 Å². The van der Waals surface area contributed by atoms with Gasteiger partial charge in [-0.3, -0.25) is 4.79 Å². The second-order valence-corrected chi connectivity index (χ2v) is 2.82. The summed E-state index contributed by atoms with van der Waals surface area (Å²) < 4.78 is 0. The van der Waals surface area contributed by atoms with Crippen LogP contribution in [0.25, 0.3) is 0 Å². The lowest BCUT2D eigenvalue weighted by Gasteiger charge is -2.15. The van der Waals surface area contributed by atoms with Crippen LogP contribution in [-0.4, -0.2) is 36.1 Å². The summed E-state index contributed by atoms with van der Waals surface area (Å²) in [4.78, 5) is 13.0. The van der Waals surface area contributed by atoms with Crippen molar-refractivity contribution in [2.24, 2.45) is 0 Å². The monoisotopic (exact) mass is 215 g/mol. The first-order chi connectivity index (χ1) is 6.25. The summed E-state index contributed by atoms with van der Waals surface area (Å²) in [5.41, 5.74) is 0.651. The molecule has 78 valence electrons. The van der Waals surface area contributed by atoms with E-state index in [4.69, 9.17) is 5.11 Å². The minimum absolute atomic E-state index is 0. The highest BCUT2D eigenvalue weighted by Crippen LogP contribution is 2.01. The molecular weight excluding hydrogens is 202 g/mol. The standard InChI is InChI=1S/C10H13NO2.ClH/c1-11(7-8-12)10(13)9-5-3-2-4-6-9;/h2-6,12H,7-8H2,1H3;1H. The van der Waals surface area contributed by atoms with Crippen molar-refractivity contribution in [3.05, 3.63) is 35.9 Å². The summed E-state index contributed by atoms with van der Waals surface area (Å²) >= 11 is 0. The molecule has 4 heteroatoms. The Labute approximate surface area is 89.8 Å². The number of hydrogen-bond acceptors (Lipinski definition) is 2. The van der Waals surface area contributed by atoms with Crippen LogP contribution in [0.3, 0.4) is 0 Å². The van der Waals surface area contributed by atoms with Gasteiger partial charge in [-0.25, -0.2) is 0 Å². The summed E-state index contributed by atoms with van der Waals surface area (Å²) in [5, 5.41) is 8.64. The van der Waals surface area contributed by atoms with Crippen LogP contribution in [0, 0.1) is 0 Å². The second kappa shape index (κ2) is 6.40. The van der Waals surface area contributed by atoms with E-state index in [1.807, 2.05) is 18.2 Å². The number of nitrogens with zero attached hydrogens (tertiary/aromatic N) is 1. The molecule has 1 amide bonds. The predicted molar refractivity (Wildman–Crippen MR) is 57.7 cm³/mol. The summed E-state index contributed by atoms with van der Waals surface area (Å²) in [6.07, 6.45) is 0. The molecule has 0 fully saturated rings. The predicted octanol–water partition coefficient (Wildman–Crippen LogP) is 1.17. The maximum atomic E-state index is 11.5. The minimum atomic E-state index is -0.0605. The largest absolute Gasteiger partial charge is 0.395 e. The first-order valence-electron chi connectivity index (χ1n) is 4.17. The molecule has 0 unspecified atom stereocenters. The lowest BCUT2D eigenvalue weighted by Crippen LogP contribution is -2.29. The third kappa shape index (κ3) is 3.36. The van der Waals surface area contributed by atoms with Crippen LogP contribution in [-0.2, 0) is 0 Å². The van der Waals surface area contributed by atoms with Gasteiger partial charge >= 0.3 is 0 Å². The van der Waals surface area contributed by atoms with E-state index in [1.54, 1.807) is 19.2 Å². The summed E-state index contributed by atoms with van der Waals surface area (Å²) in [6.45, 7) is 0.364. The molecule has 0 saturated heterocycles. The van der Waals surface area contributed by atoms with E-state index >= 15 is 0 Å². The summed E-state index contributed by atoms with van der Waals surface area (Å²) in [7, 11) is 1.67. The van der Waals surface area contributed by atoms with E-state index in [2.05, 4.69) is 0 Å². The molecule has 0 aliphatic rings. The molecule has 1 N–H and O–H groups in total. The maximum Gasteiger partial charge on any atom is 0.253 e. The fraction of sp³-hybridized carbons (Fsp3) is 0.300. The van der Waals surface area contributed by atoms with Crippen molar-refractivity contribution in [3.8, 4) is 0 Å². The lowest BCUT2D eigenvalue weighted by atomic mass is 10.2. The number of carbonyl (C=O) groups excluding carboxylic acids is 1. The molecule has 0 atom stereocenters. The third-order valence-corrected chi connectivity index (χ3v) is 1.80. The van der Waals surface area contributed by atoms with Gasteiger partial charge in [0.2, 0.25) is 0 Å². The van der Waals surface area contributed by atoms with Crippen LogP contribution in [0.1, 0.15) is 10.4 Å². The van der Waals surface area contributed by atoms with E-state index in [-0.39, 0.29) is 24.9 Å². The molecule has 1 rings (SSSR count). The van der Waals surface area contributed by atoms with E-state index in [0.29, 0.717) is 12.1 Å². The molecule has 0 heterocycles. The van der Waals surface area contributed by atoms with Gasteiger partial charge in [0.05, 0.1) is 6.61 Å². The summed E-state index contributed by atoms with van der Waals surface area (Å²) in [6, 6.07) is 9.02. The van der Waals surface area contributed by atoms with Crippen LogP contribution in [0.2, 0.25) is 0 Å². The van der Waals surface area contributed by atoms with Gasteiger partial charge in [-0.1, -0.05) is 18.2 Å². The van der Waals surface area contributed by atoms with Crippen LogP contribution < -0.4 is 0 Å². The number of likely N-dealkylation sites (N-methyl/N-ethyl adjacent to an activating group) is 1. The van der Waals surface area contributed by atoms with Crippen molar-refractivity contribution in [2.75, 3.05) is 20.2 Å². The first-order valence-corrected chi connectivity index (χ1v) is 4.17. The Bertz CT molecular complexity index is 277.